The number of amides is 1. The number of hydrogen-bond donors (Lipinski definition) is 2. The van der Waals surface area contributed by atoms with Crippen LogP contribution in [0.3, 0.4) is 0 Å². The molecule has 6 heteroatoms. The van der Waals surface area contributed by atoms with E-state index in [0.29, 0.717) is 29.9 Å². The van der Waals surface area contributed by atoms with Gasteiger partial charge in [0, 0.05) is 18.7 Å². The van der Waals surface area contributed by atoms with Gasteiger partial charge in [0.15, 0.2) is 0 Å². The van der Waals surface area contributed by atoms with Gasteiger partial charge in [-0.1, -0.05) is 12.1 Å². The normalized spacial score (nSPS) is 13.4. The number of carbonyl (C=O) groups excluding carboxylic acids is 1. The van der Waals surface area contributed by atoms with Crippen molar-refractivity contribution in [2.24, 2.45) is 0 Å². The minimum atomic E-state index is -0.126. The first-order valence-electron chi connectivity index (χ1n) is 8.17. The molecule has 1 aromatic carbocycles. The predicted octanol–water partition coefficient (Wildman–Crippen LogP) is 2.34. The van der Waals surface area contributed by atoms with E-state index in [1.165, 1.54) is 5.56 Å². The maximum atomic E-state index is 12.1. The Labute approximate surface area is 141 Å². The van der Waals surface area contributed by atoms with Gasteiger partial charge in [-0.2, -0.15) is 0 Å². The van der Waals surface area contributed by atoms with Crippen molar-refractivity contribution in [3.05, 3.63) is 47.4 Å². The number of carbonyl (C=O) groups is 1. The number of rotatable bonds is 7. The largest absolute Gasteiger partial charge is 0.497 e. The van der Waals surface area contributed by atoms with Crippen LogP contribution in [-0.2, 0) is 6.42 Å². The first-order valence-corrected chi connectivity index (χ1v) is 8.17. The van der Waals surface area contributed by atoms with Crippen molar-refractivity contribution in [2.75, 3.05) is 19.0 Å². The number of nitrogens with one attached hydrogen (secondary N) is 2. The van der Waals surface area contributed by atoms with Crippen molar-refractivity contribution in [2.45, 2.75) is 32.2 Å². The molecule has 0 unspecified atom stereocenters. The molecule has 0 bridgehead atoms. The van der Waals surface area contributed by atoms with Gasteiger partial charge in [0.25, 0.3) is 5.91 Å². The molecule has 2 aromatic rings. The number of nitrogens with zero attached hydrogens (tertiary/aromatic N) is 2. The van der Waals surface area contributed by atoms with Crippen LogP contribution < -0.4 is 15.4 Å². The number of anilines is 1. The summed E-state index contributed by atoms with van der Waals surface area (Å²) in [5.74, 6) is 1.98. The van der Waals surface area contributed by atoms with Crippen LogP contribution in [0.4, 0.5) is 5.82 Å². The molecule has 1 aliphatic carbocycles. The summed E-state index contributed by atoms with van der Waals surface area (Å²) >= 11 is 0. The zero-order valence-corrected chi connectivity index (χ0v) is 14.0. The summed E-state index contributed by atoms with van der Waals surface area (Å²) < 4.78 is 5.23. The molecular weight excluding hydrogens is 304 g/mol. The first-order chi connectivity index (χ1) is 11.6. The van der Waals surface area contributed by atoms with Gasteiger partial charge in [-0.05, 0) is 43.9 Å². The highest BCUT2D eigenvalue weighted by molar-refractivity contribution is 5.93. The lowest BCUT2D eigenvalue weighted by molar-refractivity contribution is 0.0945. The number of aryl methyl sites for hydroxylation is 1. The van der Waals surface area contributed by atoms with Gasteiger partial charge >= 0.3 is 0 Å². The summed E-state index contributed by atoms with van der Waals surface area (Å²) in [6.07, 6.45) is 2.95. The van der Waals surface area contributed by atoms with Gasteiger partial charge in [0.05, 0.1) is 7.11 Å². The number of methoxy groups -OCH3 is 1. The fourth-order valence-corrected chi connectivity index (χ4v) is 2.42. The van der Waals surface area contributed by atoms with Crippen LogP contribution in [0.2, 0.25) is 0 Å². The number of benzene rings is 1. The molecule has 0 saturated heterocycles. The van der Waals surface area contributed by atoms with Crippen LogP contribution in [0.1, 0.15) is 34.7 Å². The molecule has 1 heterocycles. The van der Waals surface area contributed by atoms with Crippen LogP contribution in [0.25, 0.3) is 0 Å². The van der Waals surface area contributed by atoms with E-state index in [1.807, 2.05) is 18.2 Å². The topological polar surface area (TPSA) is 76.1 Å². The van der Waals surface area contributed by atoms with Crippen LogP contribution in [0.5, 0.6) is 5.75 Å². The molecule has 24 heavy (non-hydrogen) atoms. The minimum Gasteiger partial charge on any atom is -0.497 e. The van der Waals surface area contributed by atoms with E-state index in [9.17, 15) is 4.79 Å². The molecule has 1 amide bonds. The van der Waals surface area contributed by atoms with Gasteiger partial charge in [-0.25, -0.2) is 9.97 Å². The molecule has 2 N–H and O–H groups in total. The van der Waals surface area contributed by atoms with Crippen LogP contribution in [-0.4, -0.2) is 35.6 Å². The lowest BCUT2D eigenvalue weighted by atomic mass is 10.1. The van der Waals surface area contributed by atoms with E-state index in [4.69, 9.17) is 4.74 Å². The van der Waals surface area contributed by atoms with Crippen molar-refractivity contribution >= 4 is 11.7 Å². The van der Waals surface area contributed by atoms with E-state index in [2.05, 4.69) is 26.7 Å². The zero-order valence-electron chi connectivity index (χ0n) is 14.0. The Morgan fingerprint density at radius 2 is 2.12 bits per heavy atom. The van der Waals surface area contributed by atoms with Gasteiger partial charge in [-0.3, -0.25) is 4.79 Å². The summed E-state index contributed by atoms with van der Waals surface area (Å²) in [5.41, 5.74) is 1.60. The van der Waals surface area contributed by atoms with Crippen LogP contribution in [0, 0.1) is 6.92 Å². The number of aromatic nitrogens is 2. The van der Waals surface area contributed by atoms with Crippen molar-refractivity contribution in [3.8, 4) is 5.75 Å². The highest BCUT2D eigenvalue weighted by Crippen LogP contribution is 2.19. The zero-order chi connectivity index (χ0) is 16.9. The lowest BCUT2D eigenvalue weighted by Gasteiger charge is -2.09. The third kappa shape index (κ3) is 4.44. The third-order valence-corrected chi connectivity index (χ3v) is 3.84. The van der Waals surface area contributed by atoms with Crippen LogP contribution in [0.15, 0.2) is 30.3 Å². The monoisotopic (exact) mass is 326 g/mol. The summed E-state index contributed by atoms with van der Waals surface area (Å²) in [6.45, 7) is 2.51. The maximum Gasteiger partial charge on any atom is 0.270 e. The molecule has 1 aliphatic rings. The summed E-state index contributed by atoms with van der Waals surface area (Å²) in [5, 5.41) is 6.21. The molecule has 0 spiro atoms. The second-order valence-corrected chi connectivity index (χ2v) is 5.96. The smallest absolute Gasteiger partial charge is 0.270 e. The average Bonchev–Trinajstić information content (AvgIpc) is 3.38. The Morgan fingerprint density at radius 3 is 2.88 bits per heavy atom. The van der Waals surface area contributed by atoms with E-state index >= 15 is 0 Å². The van der Waals surface area contributed by atoms with E-state index < -0.39 is 0 Å². The van der Waals surface area contributed by atoms with Crippen LogP contribution >= 0.6 is 0 Å². The molecule has 1 aromatic heterocycles. The molecule has 0 atom stereocenters. The molecule has 3 rings (SSSR count). The number of ether oxygens (including phenoxy) is 1. The molecule has 126 valence electrons. The Hall–Kier alpha value is -2.63. The summed E-state index contributed by atoms with van der Waals surface area (Å²) in [6, 6.07) is 10.00. The molecule has 0 aliphatic heterocycles. The maximum absolute atomic E-state index is 12.1. The first kappa shape index (κ1) is 16.2. The SMILES string of the molecule is COc1cccc(CCNc2cc(C(=O)NC3CC3)nc(C)n2)c1. The number of hydrogen-bond acceptors (Lipinski definition) is 5. The third-order valence-electron chi connectivity index (χ3n) is 3.84. The highest BCUT2D eigenvalue weighted by Gasteiger charge is 2.24. The fourth-order valence-electron chi connectivity index (χ4n) is 2.42. The van der Waals surface area contributed by atoms with Gasteiger partial charge in [-0.15, -0.1) is 0 Å². The summed E-state index contributed by atoms with van der Waals surface area (Å²) in [4.78, 5) is 20.7. The van der Waals surface area contributed by atoms with Crippen molar-refractivity contribution < 1.29 is 9.53 Å². The van der Waals surface area contributed by atoms with Gasteiger partial charge in [0.1, 0.15) is 23.1 Å². The molecule has 1 saturated carbocycles. The quantitative estimate of drug-likeness (QED) is 0.817. The highest BCUT2D eigenvalue weighted by atomic mass is 16.5. The van der Waals surface area contributed by atoms with Gasteiger partial charge < -0.3 is 15.4 Å². The second-order valence-electron chi connectivity index (χ2n) is 5.96. The molecule has 0 radical (unpaired) electrons. The van der Waals surface area contributed by atoms with Crippen molar-refractivity contribution in [3.63, 3.8) is 0 Å². The standard InChI is InChI=1S/C18H22N4O2/c1-12-20-16(18(23)22-14-6-7-14)11-17(21-12)19-9-8-13-4-3-5-15(10-13)24-2/h3-5,10-11,14H,6-9H2,1-2H3,(H,22,23)(H,19,20,21). The molecule has 6 nitrogen and oxygen atoms in total. The fraction of sp³-hybridized carbons (Fsp3) is 0.389. The van der Waals surface area contributed by atoms with Gasteiger partial charge in [0.2, 0.25) is 0 Å². The van der Waals surface area contributed by atoms with Crippen molar-refractivity contribution in [1.29, 1.82) is 0 Å². The Morgan fingerprint density at radius 1 is 1.29 bits per heavy atom. The second kappa shape index (κ2) is 7.29. The van der Waals surface area contributed by atoms with E-state index in [-0.39, 0.29) is 5.91 Å². The van der Waals surface area contributed by atoms with E-state index in [1.54, 1.807) is 20.1 Å². The molecule has 1 fully saturated rings. The lowest BCUT2D eigenvalue weighted by Crippen LogP contribution is -2.26. The Kier molecular flexibility index (Phi) is 4.93. The Bertz CT molecular complexity index is 729. The van der Waals surface area contributed by atoms with Crippen molar-refractivity contribution in [1.82, 2.24) is 15.3 Å². The average molecular weight is 326 g/mol. The minimum absolute atomic E-state index is 0.126. The predicted molar refractivity (Wildman–Crippen MR) is 92.4 cm³/mol. The summed E-state index contributed by atoms with van der Waals surface area (Å²) in [7, 11) is 1.66. The van der Waals surface area contributed by atoms with E-state index in [0.717, 1.165) is 25.0 Å². The molecular formula is C18H22N4O2. The Balaban J connectivity index is 1.59.